The van der Waals surface area contributed by atoms with Crippen LogP contribution in [0.5, 0.6) is 0 Å². The molecular formula is C5H8F4. The molecule has 0 rings (SSSR count). The Morgan fingerprint density at radius 2 is 1.44 bits per heavy atom. The lowest BCUT2D eigenvalue weighted by Crippen LogP contribution is -2.40. The van der Waals surface area contributed by atoms with Crippen LogP contribution >= 0.6 is 0 Å². The molecule has 0 aliphatic heterocycles. The van der Waals surface area contributed by atoms with Crippen LogP contribution < -0.4 is 0 Å². The first-order valence-corrected chi connectivity index (χ1v) is 2.44. The van der Waals surface area contributed by atoms with E-state index in [1.807, 2.05) is 0 Å². The van der Waals surface area contributed by atoms with E-state index in [4.69, 9.17) is 0 Å². The Hall–Kier alpha value is -0.280. The van der Waals surface area contributed by atoms with Gasteiger partial charge in [-0.15, -0.1) is 0 Å². The van der Waals surface area contributed by atoms with Crippen molar-refractivity contribution in [2.24, 2.45) is 0 Å². The van der Waals surface area contributed by atoms with Gasteiger partial charge in [0, 0.05) is 6.92 Å². The lowest BCUT2D eigenvalue weighted by molar-refractivity contribution is -0.122. The molecule has 4 heteroatoms. The van der Waals surface area contributed by atoms with Crippen molar-refractivity contribution in [2.45, 2.75) is 25.4 Å². The Bertz CT molecular complexity index is 91.6. The number of rotatable bonds is 2. The van der Waals surface area contributed by atoms with E-state index in [0.717, 1.165) is 0 Å². The van der Waals surface area contributed by atoms with Gasteiger partial charge in [-0.2, -0.15) is 0 Å². The van der Waals surface area contributed by atoms with Crippen LogP contribution in [0, 0.1) is 0 Å². The summed E-state index contributed by atoms with van der Waals surface area (Å²) in [6.45, 7) is -0.768. The van der Waals surface area contributed by atoms with E-state index < -0.39 is 18.3 Å². The van der Waals surface area contributed by atoms with E-state index >= 15 is 0 Å². The van der Waals surface area contributed by atoms with Crippen LogP contribution in [0.15, 0.2) is 0 Å². The van der Waals surface area contributed by atoms with Crippen LogP contribution in [0.3, 0.4) is 0 Å². The summed E-state index contributed by atoms with van der Waals surface area (Å²) in [6.07, 6.45) is 0. The van der Waals surface area contributed by atoms with Crippen molar-refractivity contribution < 1.29 is 17.6 Å². The largest absolute Gasteiger partial charge is 0.281 e. The molecule has 0 N–H and O–H groups in total. The van der Waals surface area contributed by atoms with Gasteiger partial charge in [-0.3, -0.25) is 0 Å². The summed E-state index contributed by atoms with van der Waals surface area (Å²) in [5.74, 6) is -3.60. The van der Waals surface area contributed by atoms with Gasteiger partial charge in [-0.1, -0.05) is 0 Å². The number of alkyl halides is 4. The smallest absolute Gasteiger partial charge is 0.247 e. The Labute approximate surface area is 50.9 Å². The van der Waals surface area contributed by atoms with E-state index in [9.17, 15) is 17.6 Å². The van der Waals surface area contributed by atoms with E-state index in [-0.39, 0.29) is 0 Å². The highest BCUT2D eigenvalue weighted by Gasteiger charge is 2.46. The van der Waals surface area contributed by atoms with Crippen molar-refractivity contribution in [2.75, 3.05) is 6.67 Å². The molecule has 9 heavy (non-hydrogen) atoms. The van der Waals surface area contributed by atoms with E-state index in [2.05, 4.69) is 0 Å². The SMILES string of the molecule is CC(F)(F)C(C)(F)CF. The zero-order chi connectivity index (χ0) is 7.71. The van der Waals surface area contributed by atoms with Crippen LogP contribution in [-0.2, 0) is 0 Å². The summed E-state index contributed by atoms with van der Waals surface area (Å²) in [5.41, 5.74) is -3.02. The van der Waals surface area contributed by atoms with E-state index in [1.54, 1.807) is 0 Å². The fourth-order valence-electron chi connectivity index (χ4n) is 0.117. The zero-order valence-electron chi connectivity index (χ0n) is 5.22. The summed E-state index contributed by atoms with van der Waals surface area (Å²) in [7, 11) is 0. The van der Waals surface area contributed by atoms with Gasteiger partial charge in [0.2, 0.25) is 0 Å². The molecule has 0 heterocycles. The molecule has 1 atom stereocenters. The van der Waals surface area contributed by atoms with Gasteiger partial charge in [0.25, 0.3) is 5.92 Å². The molecule has 0 aliphatic rings. The maximum Gasteiger partial charge on any atom is 0.281 e. The maximum absolute atomic E-state index is 12.2. The Balaban J connectivity index is 4.14. The van der Waals surface area contributed by atoms with Crippen LogP contribution in [-0.4, -0.2) is 18.3 Å². The van der Waals surface area contributed by atoms with E-state index in [1.165, 1.54) is 0 Å². The molecule has 0 fully saturated rings. The van der Waals surface area contributed by atoms with Crippen LogP contribution in [0.4, 0.5) is 17.6 Å². The van der Waals surface area contributed by atoms with Gasteiger partial charge >= 0.3 is 0 Å². The highest BCUT2D eigenvalue weighted by molar-refractivity contribution is 4.85. The molecule has 0 saturated heterocycles. The average Bonchev–Trinajstić information content (AvgIpc) is 1.64. The predicted molar refractivity (Wildman–Crippen MR) is 26.1 cm³/mol. The van der Waals surface area contributed by atoms with Gasteiger partial charge in [0.15, 0.2) is 5.67 Å². The second kappa shape index (κ2) is 2.15. The Morgan fingerprint density at radius 1 is 1.11 bits per heavy atom. The zero-order valence-corrected chi connectivity index (χ0v) is 5.22. The molecule has 1 unspecified atom stereocenters. The molecule has 0 saturated carbocycles. The molecular weight excluding hydrogens is 136 g/mol. The Kier molecular flexibility index (Phi) is 2.09. The first kappa shape index (κ1) is 8.72. The second-order valence-electron chi connectivity index (χ2n) is 2.22. The lowest BCUT2D eigenvalue weighted by Gasteiger charge is -2.23. The quantitative estimate of drug-likeness (QED) is 0.522. The monoisotopic (exact) mass is 144 g/mol. The van der Waals surface area contributed by atoms with Gasteiger partial charge in [0.1, 0.15) is 6.67 Å². The molecule has 0 aromatic rings. The minimum atomic E-state index is -3.60. The van der Waals surface area contributed by atoms with Gasteiger partial charge in [-0.25, -0.2) is 17.6 Å². The van der Waals surface area contributed by atoms with Crippen LogP contribution in [0.2, 0.25) is 0 Å². The average molecular weight is 144 g/mol. The van der Waals surface area contributed by atoms with Crippen molar-refractivity contribution in [1.82, 2.24) is 0 Å². The topological polar surface area (TPSA) is 0 Å². The summed E-state index contributed by atoms with van der Waals surface area (Å²) in [5, 5.41) is 0. The molecule has 0 aromatic carbocycles. The van der Waals surface area contributed by atoms with Crippen molar-refractivity contribution >= 4 is 0 Å². The fourth-order valence-corrected chi connectivity index (χ4v) is 0.117. The normalized spacial score (nSPS) is 19.3. The van der Waals surface area contributed by atoms with Crippen molar-refractivity contribution in [3.05, 3.63) is 0 Å². The summed E-state index contributed by atoms with van der Waals surface area (Å²) in [4.78, 5) is 0. The highest BCUT2D eigenvalue weighted by atomic mass is 19.3. The molecule has 0 nitrogen and oxygen atoms in total. The van der Waals surface area contributed by atoms with Crippen molar-refractivity contribution in [1.29, 1.82) is 0 Å². The third-order valence-corrected chi connectivity index (χ3v) is 1.17. The summed E-state index contributed by atoms with van der Waals surface area (Å²) >= 11 is 0. The van der Waals surface area contributed by atoms with Gasteiger partial charge < -0.3 is 0 Å². The molecule has 0 amide bonds. The standard InChI is InChI=1S/C5H8F4/c1-4(7,3-6)5(2,8)9/h3H2,1-2H3. The van der Waals surface area contributed by atoms with Crippen molar-refractivity contribution in [3.63, 3.8) is 0 Å². The molecule has 0 radical (unpaired) electrons. The van der Waals surface area contributed by atoms with Gasteiger partial charge in [-0.05, 0) is 6.92 Å². The third-order valence-electron chi connectivity index (χ3n) is 1.17. The second-order valence-corrected chi connectivity index (χ2v) is 2.22. The molecule has 0 aromatic heterocycles. The molecule has 0 bridgehead atoms. The minimum absolute atomic E-state index is 0.354. The van der Waals surface area contributed by atoms with Crippen LogP contribution in [0.1, 0.15) is 13.8 Å². The number of hydrogen-bond donors (Lipinski definition) is 0. The molecule has 56 valence electrons. The number of hydrogen-bond acceptors (Lipinski definition) is 0. The fraction of sp³-hybridized carbons (Fsp3) is 1.00. The predicted octanol–water partition coefficient (Wildman–Crippen LogP) is 2.34. The lowest BCUT2D eigenvalue weighted by atomic mass is 10.0. The Morgan fingerprint density at radius 3 is 1.44 bits per heavy atom. The summed E-state index contributed by atoms with van der Waals surface area (Å²) in [6, 6.07) is 0. The number of halogens is 4. The molecule has 0 aliphatic carbocycles. The third kappa shape index (κ3) is 1.84. The first-order chi connectivity index (χ1) is 3.81. The highest BCUT2D eigenvalue weighted by Crippen LogP contribution is 2.31. The molecule has 0 spiro atoms. The van der Waals surface area contributed by atoms with Gasteiger partial charge in [0.05, 0.1) is 0 Å². The minimum Gasteiger partial charge on any atom is -0.247 e. The van der Waals surface area contributed by atoms with E-state index in [0.29, 0.717) is 13.8 Å². The van der Waals surface area contributed by atoms with Crippen LogP contribution in [0.25, 0.3) is 0 Å². The maximum atomic E-state index is 12.2. The van der Waals surface area contributed by atoms with Crippen molar-refractivity contribution in [3.8, 4) is 0 Å². The summed E-state index contributed by atoms with van der Waals surface area (Å²) < 4.78 is 47.4. The first-order valence-electron chi connectivity index (χ1n) is 2.44.